The summed E-state index contributed by atoms with van der Waals surface area (Å²) in [6, 6.07) is 0.686. The molecule has 7 heteroatoms. The number of hydrogen-bond acceptors (Lipinski definition) is 3. The second-order valence-corrected chi connectivity index (χ2v) is 3.67. The molecule has 1 aromatic rings. The Morgan fingerprint density at radius 3 is 2.14 bits per heavy atom. The zero-order valence-electron chi connectivity index (χ0n) is 6.92. The van der Waals surface area contributed by atoms with Crippen LogP contribution >= 0.6 is 0 Å². The Balaban J connectivity index is 3.51. The van der Waals surface area contributed by atoms with E-state index in [0.717, 1.165) is 7.11 Å². The molecule has 3 nitrogen and oxygen atoms in total. The minimum atomic E-state index is -5.12. The van der Waals surface area contributed by atoms with Gasteiger partial charge in [0, 0.05) is 12.1 Å². The molecular weight excluding hydrogens is 221 g/mol. The highest BCUT2D eigenvalue weighted by atomic mass is 32.3. The molecule has 0 bridgehead atoms. The van der Waals surface area contributed by atoms with Crippen LogP contribution < -0.4 is 4.74 Å². The van der Waals surface area contributed by atoms with Gasteiger partial charge >= 0.3 is 10.2 Å². The number of halogens is 3. The molecule has 0 N–H and O–H groups in total. The van der Waals surface area contributed by atoms with Crippen molar-refractivity contribution in [2.45, 2.75) is 4.90 Å². The normalized spacial score (nSPS) is 11.4. The van der Waals surface area contributed by atoms with Crippen molar-refractivity contribution in [3.63, 3.8) is 0 Å². The Kier molecular flexibility index (Phi) is 2.70. The Bertz CT molecular complexity index is 455. The summed E-state index contributed by atoms with van der Waals surface area (Å²) in [7, 11) is -4.10. The summed E-state index contributed by atoms with van der Waals surface area (Å²) in [4.78, 5) is -1.03. The van der Waals surface area contributed by atoms with Crippen LogP contribution in [0.4, 0.5) is 12.7 Å². The molecular formula is C7H5F3O3S. The maximum Gasteiger partial charge on any atom is 0.335 e. The van der Waals surface area contributed by atoms with E-state index in [1.54, 1.807) is 0 Å². The van der Waals surface area contributed by atoms with E-state index in [-0.39, 0.29) is 6.07 Å². The fraction of sp³-hybridized carbons (Fsp3) is 0.143. The van der Waals surface area contributed by atoms with Crippen LogP contribution in [0.15, 0.2) is 17.0 Å². The van der Waals surface area contributed by atoms with Crippen LogP contribution in [0.5, 0.6) is 5.75 Å². The number of benzene rings is 1. The van der Waals surface area contributed by atoms with Gasteiger partial charge in [-0.15, -0.1) is 3.89 Å². The van der Waals surface area contributed by atoms with Crippen LogP contribution in [-0.2, 0) is 10.2 Å². The van der Waals surface area contributed by atoms with E-state index in [4.69, 9.17) is 0 Å². The summed E-state index contributed by atoms with van der Waals surface area (Å²) in [6.07, 6.45) is 0. The standard InChI is InChI=1S/C7H5F3O3S/c1-13-6-2-4(8)5(9)3-7(6)14(10,11)12/h2-3H,1H3. The van der Waals surface area contributed by atoms with Gasteiger partial charge in [0.05, 0.1) is 7.11 Å². The summed E-state index contributed by atoms with van der Waals surface area (Å²) in [5.41, 5.74) is 0. The lowest BCUT2D eigenvalue weighted by molar-refractivity contribution is 0.391. The number of hydrogen-bond donors (Lipinski definition) is 0. The van der Waals surface area contributed by atoms with Crippen LogP contribution in [0, 0.1) is 11.6 Å². The van der Waals surface area contributed by atoms with E-state index >= 15 is 0 Å². The van der Waals surface area contributed by atoms with Crippen LogP contribution in [0.25, 0.3) is 0 Å². The van der Waals surface area contributed by atoms with Gasteiger partial charge in [0.2, 0.25) is 0 Å². The average molecular weight is 226 g/mol. The van der Waals surface area contributed by atoms with Crippen molar-refractivity contribution in [1.82, 2.24) is 0 Å². The second kappa shape index (κ2) is 3.49. The molecule has 78 valence electrons. The quantitative estimate of drug-likeness (QED) is 0.720. The fourth-order valence-electron chi connectivity index (χ4n) is 0.860. The monoisotopic (exact) mass is 226 g/mol. The molecule has 0 aromatic heterocycles. The van der Waals surface area contributed by atoms with Gasteiger partial charge in [-0.05, 0) is 0 Å². The summed E-state index contributed by atoms with van der Waals surface area (Å²) >= 11 is 0. The first-order chi connectivity index (χ1) is 6.36. The average Bonchev–Trinajstić information content (AvgIpc) is 2.07. The Labute approximate surface area is 78.3 Å². The molecule has 1 rings (SSSR count). The molecule has 0 unspecified atom stereocenters. The van der Waals surface area contributed by atoms with E-state index in [9.17, 15) is 21.1 Å². The van der Waals surface area contributed by atoms with Crippen molar-refractivity contribution >= 4 is 10.2 Å². The largest absolute Gasteiger partial charge is 0.495 e. The summed E-state index contributed by atoms with van der Waals surface area (Å²) in [5.74, 6) is -3.34. The molecule has 1 aromatic carbocycles. The zero-order valence-corrected chi connectivity index (χ0v) is 7.74. The molecule has 0 fully saturated rings. The minimum Gasteiger partial charge on any atom is -0.495 e. The SMILES string of the molecule is COc1cc(F)c(F)cc1S(=O)(=O)F. The van der Waals surface area contributed by atoms with E-state index < -0.39 is 32.5 Å². The molecule has 0 aliphatic heterocycles. The molecule has 0 radical (unpaired) electrons. The molecule has 0 saturated carbocycles. The second-order valence-electron chi connectivity index (χ2n) is 2.36. The van der Waals surface area contributed by atoms with Crippen molar-refractivity contribution in [3.05, 3.63) is 23.8 Å². The highest BCUT2D eigenvalue weighted by Gasteiger charge is 2.21. The van der Waals surface area contributed by atoms with Crippen molar-refractivity contribution in [3.8, 4) is 5.75 Å². The Morgan fingerprint density at radius 1 is 1.21 bits per heavy atom. The Hall–Kier alpha value is -1.24. The third kappa shape index (κ3) is 1.98. The summed E-state index contributed by atoms with van der Waals surface area (Å²) in [5, 5.41) is 0. The molecule has 0 amide bonds. The van der Waals surface area contributed by atoms with Gasteiger partial charge < -0.3 is 4.74 Å². The van der Waals surface area contributed by atoms with Crippen molar-refractivity contribution in [1.29, 1.82) is 0 Å². The van der Waals surface area contributed by atoms with Crippen LogP contribution in [0.1, 0.15) is 0 Å². The molecule has 0 heterocycles. The van der Waals surface area contributed by atoms with Crippen molar-refractivity contribution in [2.24, 2.45) is 0 Å². The number of ether oxygens (including phenoxy) is 1. The first-order valence-electron chi connectivity index (χ1n) is 3.34. The van der Waals surface area contributed by atoms with E-state index in [0.29, 0.717) is 6.07 Å². The third-order valence-corrected chi connectivity index (χ3v) is 2.31. The van der Waals surface area contributed by atoms with Crippen LogP contribution in [-0.4, -0.2) is 15.5 Å². The lowest BCUT2D eigenvalue weighted by Crippen LogP contribution is -1.99. The lowest BCUT2D eigenvalue weighted by Gasteiger charge is -2.04. The van der Waals surface area contributed by atoms with Gasteiger partial charge in [-0.3, -0.25) is 0 Å². The molecule has 0 spiro atoms. The zero-order chi connectivity index (χ0) is 10.9. The van der Waals surface area contributed by atoms with Gasteiger partial charge in [0.15, 0.2) is 11.6 Å². The van der Waals surface area contributed by atoms with Crippen molar-refractivity contribution in [2.75, 3.05) is 7.11 Å². The molecule has 0 aliphatic rings. The van der Waals surface area contributed by atoms with Crippen LogP contribution in [0.2, 0.25) is 0 Å². The number of methoxy groups -OCH3 is 1. The topological polar surface area (TPSA) is 43.4 Å². The molecule has 0 aliphatic carbocycles. The molecule has 0 saturated heterocycles. The summed E-state index contributed by atoms with van der Waals surface area (Å²) < 4.78 is 62.9. The first-order valence-corrected chi connectivity index (χ1v) is 4.72. The highest BCUT2D eigenvalue weighted by molar-refractivity contribution is 7.86. The Morgan fingerprint density at radius 2 is 1.71 bits per heavy atom. The third-order valence-electron chi connectivity index (χ3n) is 1.47. The minimum absolute atomic E-state index is 0.226. The van der Waals surface area contributed by atoms with Gasteiger partial charge in [-0.2, -0.15) is 8.42 Å². The predicted octanol–water partition coefficient (Wildman–Crippen LogP) is 1.63. The fourth-order valence-corrected chi connectivity index (χ4v) is 1.49. The lowest BCUT2D eigenvalue weighted by atomic mass is 10.3. The van der Waals surface area contributed by atoms with Crippen molar-refractivity contribution < 1.29 is 25.8 Å². The number of rotatable bonds is 2. The van der Waals surface area contributed by atoms with Gasteiger partial charge in [-0.1, -0.05) is 0 Å². The maximum absolute atomic E-state index is 12.6. The smallest absolute Gasteiger partial charge is 0.335 e. The van der Waals surface area contributed by atoms with Gasteiger partial charge in [-0.25, -0.2) is 8.78 Å². The first kappa shape index (κ1) is 10.8. The summed E-state index contributed by atoms with van der Waals surface area (Å²) in [6.45, 7) is 0. The van der Waals surface area contributed by atoms with Crippen LogP contribution in [0.3, 0.4) is 0 Å². The van der Waals surface area contributed by atoms with Gasteiger partial charge in [0.1, 0.15) is 10.6 Å². The van der Waals surface area contributed by atoms with Gasteiger partial charge in [0.25, 0.3) is 0 Å². The maximum atomic E-state index is 12.6. The molecule has 0 atom stereocenters. The van der Waals surface area contributed by atoms with E-state index in [2.05, 4.69) is 4.74 Å². The van der Waals surface area contributed by atoms with E-state index in [1.165, 1.54) is 0 Å². The molecule has 14 heavy (non-hydrogen) atoms. The van der Waals surface area contributed by atoms with E-state index in [1.807, 2.05) is 0 Å². The highest BCUT2D eigenvalue weighted by Crippen LogP contribution is 2.27. The predicted molar refractivity (Wildman–Crippen MR) is 41.2 cm³/mol.